The molecular weight excluding hydrogens is 512 g/mol. The van der Waals surface area contributed by atoms with Crippen molar-refractivity contribution in [1.82, 2.24) is 14.4 Å². The number of fused-ring (bicyclic) bond motifs is 1. The lowest BCUT2D eigenvalue weighted by molar-refractivity contribution is 0.0389. The van der Waals surface area contributed by atoms with E-state index in [0.717, 1.165) is 10.6 Å². The number of aryl methyl sites for hydroxylation is 2. The van der Waals surface area contributed by atoms with Gasteiger partial charge in [0, 0.05) is 19.5 Å². The van der Waals surface area contributed by atoms with Crippen molar-refractivity contribution < 1.29 is 36.0 Å². The lowest BCUT2D eigenvalue weighted by atomic mass is 9.99. The largest absolute Gasteiger partial charge is 0.486 e. The highest BCUT2D eigenvalue weighted by molar-refractivity contribution is 7.92. The van der Waals surface area contributed by atoms with Crippen LogP contribution in [-0.4, -0.2) is 87.4 Å². The Balaban J connectivity index is 2.14. The van der Waals surface area contributed by atoms with Gasteiger partial charge in [0.05, 0.1) is 36.7 Å². The fraction of sp³-hybridized carbons (Fsp3) is 0.545. The number of carbonyl (C=O) groups is 1. The van der Waals surface area contributed by atoms with Crippen LogP contribution in [-0.2, 0) is 20.0 Å². The van der Waals surface area contributed by atoms with Crippen molar-refractivity contribution in [2.24, 2.45) is 5.92 Å². The number of nitrogens with one attached hydrogen (secondary N) is 1. The van der Waals surface area contributed by atoms with E-state index in [4.69, 9.17) is 9.26 Å². The molecule has 1 aromatic heterocycles. The predicted molar refractivity (Wildman–Crippen MR) is 132 cm³/mol. The summed E-state index contributed by atoms with van der Waals surface area (Å²) in [5, 5.41) is 13.5. The molecule has 1 amide bonds. The quantitative estimate of drug-likeness (QED) is 0.498. The summed E-state index contributed by atoms with van der Waals surface area (Å²) in [4.78, 5) is 14.9. The van der Waals surface area contributed by atoms with Crippen LogP contribution in [0.2, 0.25) is 0 Å². The number of benzene rings is 1. The number of amides is 1. The second kappa shape index (κ2) is 10.4. The second-order valence-corrected chi connectivity index (χ2v) is 12.8. The zero-order valence-corrected chi connectivity index (χ0v) is 22.7. The van der Waals surface area contributed by atoms with Gasteiger partial charge in [0.2, 0.25) is 10.0 Å². The maximum Gasteiger partial charge on any atom is 0.267 e. The van der Waals surface area contributed by atoms with Crippen molar-refractivity contribution in [3.8, 4) is 5.75 Å². The standard InChI is InChI=1S/C22H32N4O8S2/c1-13-10-26(14(2)12-27)22(28)17-8-7-9-18(20(17)33-19(13)11-25(5)35(6,29)30)24-36(31,32)21-15(3)23-34-16(21)4/h7-9,13-14,19,24,27H,10-12H2,1-6H3/t13-,14-,19-/m0/s1. The van der Waals surface area contributed by atoms with Gasteiger partial charge in [-0.15, -0.1) is 0 Å². The number of aromatic nitrogens is 1. The Morgan fingerprint density at radius 1 is 1.28 bits per heavy atom. The molecule has 200 valence electrons. The molecule has 0 saturated carbocycles. The lowest BCUT2D eigenvalue weighted by Crippen LogP contribution is -2.50. The molecule has 12 nitrogen and oxygen atoms in total. The third-order valence-electron chi connectivity index (χ3n) is 6.18. The Morgan fingerprint density at radius 2 is 1.94 bits per heavy atom. The summed E-state index contributed by atoms with van der Waals surface area (Å²) in [5.74, 6) is -0.759. The van der Waals surface area contributed by atoms with Crippen molar-refractivity contribution in [2.75, 3.05) is 37.7 Å². The molecule has 2 N–H and O–H groups in total. The van der Waals surface area contributed by atoms with Crippen LogP contribution >= 0.6 is 0 Å². The Morgan fingerprint density at radius 3 is 2.50 bits per heavy atom. The molecule has 0 unspecified atom stereocenters. The highest BCUT2D eigenvalue weighted by Gasteiger charge is 2.36. The summed E-state index contributed by atoms with van der Waals surface area (Å²) in [7, 11) is -6.30. The predicted octanol–water partition coefficient (Wildman–Crippen LogP) is 1.20. The summed E-state index contributed by atoms with van der Waals surface area (Å²) in [6.45, 7) is 6.31. The lowest BCUT2D eigenvalue weighted by Gasteiger charge is -2.38. The number of rotatable bonds is 8. The molecule has 3 rings (SSSR count). The minimum absolute atomic E-state index is 0.00133. The van der Waals surface area contributed by atoms with Crippen LogP contribution in [0.1, 0.15) is 35.7 Å². The number of aliphatic hydroxyl groups excluding tert-OH is 1. The van der Waals surface area contributed by atoms with E-state index < -0.39 is 38.1 Å². The molecule has 0 radical (unpaired) electrons. The first kappa shape index (κ1) is 27.9. The minimum Gasteiger partial charge on any atom is -0.486 e. The Labute approximate surface area is 211 Å². The van der Waals surface area contributed by atoms with Crippen LogP contribution < -0.4 is 9.46 Å². The number of anilines is 1. The summed E-state index contributed by atoms with van der Waals surface area (Å²) in [6, 6.07) is 3.92. The SMILES string of the molecule is Cc1noc(C)c1S(=O)(=O)Nc1cccc2c1O[C@@H](CN(C)S(C)(=O)=O)[C@@H](C)CN([C@@H](C)CO)C2=O. The third-order valence-corrected chi connectivity index (χ3v) is 9.07. The van der Waals surface area contributed by atoms with E-state index in [9.17, 15) is 26.7 Å². The second-order valence-electron chi connectivity index (χ2n) is 9.11. The molecule has 0 saturated heterocycles. The van der Waals surface area contributed by atoms with Gasteiger partial charge < -0.3 is 19.3 Å². The Bertz CT molecular complexity index is 1320. The van der Waals surface area contributed by atoms with Gasteiger partial charge in [0.25, 0.3) is 15.9 Å². The van der Waals surface area contributed by atoms with Crippen LogP contribution in [0.25, 0.3) is 0 Å². The van der Waals surface area contributed by atoms with E-state index in [1.54, 1.807) is 13.8 Å². The van der Waals surface area contributed by atoms with Crippen LogP contribution in [0.5, 0.6) is 5.75 Å². The minimum atomic E-state index is -4.17. The molecule has 0 spiro atoms. The maximum atomic E-state index is 13.5. The number of hydrogen-bond acceptors (Lipinski definition) is 9. The molecule has 0 aliphatic carbocycles. The van der Waals surface area contributed by atoms with Gasteiger partial charge in [-0.25, -0.2) is 21.1 Å². The van der Waals surface area contributed by atoms with Gasteiger partial charge in [-0.3, -0.25) is 9.52 Å². The maximum absolute atomic E-state index is 13.5. The molecule has 14 heteroatoms. The summed E-state index contributed by atoms with van der Waals surface area (Å²) < 4.78 is 65.5. The molecule has 2 heterocycles. The monoisotopic (exact) mass is 544 g/mol. The smallest absolute Gasteiger partial charge is 0.267 e. The zero-order valence-electron chi connectivity index (χ0n) is 21.0. The number of ether oxygens (including phenoxy) is 1. The third kappa shape index (κ3) is 5.66. The molecule has 1 aliphatic heterocycles. The molecule has 36 heavy (non-hydrogen) atoms. The molecule has 0 fully saturated rings. The topological polar surface area (TPSA) is 159 Å². The average molecular weight is 545 g/mol. The van der Waals surface area contributed by atoms with Gasteiger partial charge in [0.15, 0.2) is 16.4 Å². The van der Waals surface area contributed by atoms with Crippen molar-refractivity contribution in [1.29, 1.82) is 0 Å². The Hall–Kier alpha value is -2.68. The van der Waals surface area contributed by atoms with Crippen LogP contribution in [0.15, 0.2) is 27.6 Å². The first-order valence-electron chi connectivity index (χ1n) is 11.3. The number of sulfonamides is 2. The zero-order chi connectivity index (χ0) is 27.0. The van der Waals surface area contributed by atoms with Crippen molar-refractivity contribution in [3.05, 3.63) is 35.2 Å². The number of carbonyl (C=O) groups excluding carboxylic acids is 1. The Kier molecular flexibility index (Phi) is 8.03. The van der Waals surface area contributed by atoms with Gasteiger partial charge in [-0.2, -0.15) is 0 Å². The molecular formula is C22H32N4O8S2. The van der Waals surface area contributed by atoms with Gasteiger partial charge in [-0.05, 0) is 32.9 Å². The normalized spacial score (nSPS) is 19.9. The number of aliphatic hydroxyl groups is 1. The molecule has 2 aromatic rings. The molecule has 3 atom stereocenters. The van der Waals surface area contributed by atoms with E-state index in [0.29, 0.717) is 0 Å². The first-order chi connectivity index (χ1) is 16.7. The summed E-state index contributed by atoms with van der Waals surface area (Å²) in [6.07, 6.45) is 0.330. The highest BCUT2D eigenvalue weighted by atomic mass is 32.2. The van der Waals surface area contributed by atoms with E-state index in [1.165, 1.54) is 44.0 Å². The number of hydrogen-bond donors (Lipinski definition) is 2. The van der Waals surface area contributed by atoms with E-state index in [1.807, 2.05) is 0 Å². The molecule has 1 aliphatic rings. The van der Waals surface area contributed by atoms with Crippen molar-refractivity contribution >= 4 is 31.6 Å². The number of nitrogens with zero attached hydrogens (tertiary/aromatic N) is 3. The van der Waals surface area contributed by atoms with Gasteiger partial charge in [-0.1, -0.05) is 18.1 Å². The van der Waals surface area contributed by atoms with Gasteiger partial charge >= 0.3 is 0 Å². The summed E-state index contributed by atoms with van der Waals surface area (Å²) >= 11 is 0. The first-order valence-corrected chi connectivity index (χ1v) is 14.6. The summed E-state index contributed by atoms with van der Waals surface area (Å²) in [5.41, 5.74) is 0.242. The van der Waals surface area contributed by atoms with Crippen LogP contribution in [0, 0.1) is 19.8 Å². The van der Waals surface area contributed by atoms with Crippen LogP contribution in [0.3, 0.4) is 0 Å². The van der Waals surface area contributed by atoms with E-state index >= 15 is 0 Å². The van der Waals surface area contributed by atoms with Crippen LogP contribution in [0.4, 0.5) is 5.69 Å². The fourth-order valence-corrected chi connectivity index (χ4v) is 5.80. The van der Waals surface area contributed by atoms with E-state index in [-0.39, 0.29) is 59.0 Å². The van der Waals surface area contributed by atoms with Gasteiger partial charge in [0.1, 0.15) is 11.8 Å². The number of likely N-dealkylation sites (N-methyl/N-ethyl adjacent to an activating group) is 1. The molecule has 1 aromatic carbocycles. The van der Waals surface area contributed by atoms with Crippen molar-refractivity contribution in [2.45, 2.75) is 44.7 Å². The van der Waals surface area contributed by atoms with Crippen molar-refractivity contribution in [3.63, 3.8) is 0 Å². The average Bonchev–Trinajstić information content (AvgIpc) is 3.13. The molecule has 0 bridgehead atoms. The highest BCUT2D eigenvalue weighted by Crippen LogP contribution is 2.36. The number of para-hydroxylation sites is 1. The fourth-order valence-electron chi connectivity index (χ4n) is 3.98. The van der Waals surface area contributed by atoms with E-state index in [2.05, 4.69) is 9.88 Å².